The minimum absolute atomic E-state index is 0.425. The first-order valence-corrected chi connectivity index (χ1v) is 11.5. The molecule has 1 atom stereocenters. The summed E-state index contributed by atoms with van der Waals surface area (Å²) in [5.74, 6) is 1.87. The molecule has 7 heteroatoms. The minimum Gasteiger partial charge on any atom is -0.366 e. The highest BCUT2D eigenvalue weighted by Crippen LogP contribution is 2.30. The summed E-state index contributed by atoms with van der Waals surface area (Å²) in [4.78, 5) is 20.2. The topological polar surface area (TPSA) is 88.2 Å². The quantitative estimate of drug-likeness (QED) is 0.653. The molecule has 1 fully saturated rings. The monoisotopic (exact) mass is 440 g/mol. The molecular weight excluding hydrogens is 412 g/mol. The molecule has 5 rings (SSSR count). The number of hydrogen-bond donors (Lipinski definition) is 1. The Kier molecular flexibility index (Phi) is 5.77. The fraction of sp³-hybridized carbons (Fsp3) is 0.308. The van der Waals surface area contributed by atoms with Gasteiger partial charge in [0.15, 0.2) is 5.82 Å². The summed E-state index contributed by atoms with van der Waals surface area (Å²) in [6, 6.07) is 12.0. The van der Waals surface area contributed by atoms with Gasteiger partial charge >= 0.3 is 0 Å². The highest BCUT2D eigenvalue weighted by atomic mass is 16.1. The number of nitrogens with zero attached hydrogens (tertiary/aromatic N) is 5. The maximum absolute atomic E-state index is 11.3. The standard InChI is InChI=1S/C26H28N6O/c1-18-6-2-3-7-19(18)16-23-21-8-4-5-9-22(21)26(30-29-23)32-14-12-31(13-15-32)24-11-10-20(17-28-24)25(27)33/h2-5,7-11,17-18H,6,12-16H2,1H3,(H2,27,33). The van der Waals surface area contributed by atoms with Gasteiger partial charge in [0.25, 0.3) is 0 Å². The molecule has 33 heavy (non-hydrogen) atoms. The number of allylic oxidation sites excluding steroid dienone is 4. The zero-order valence-electron chi connectivity index (χ0n) is 18.8. The van der Waals surface area contributed by atoms with Gasteiger partial charge in [0.2, 0.25) is 5.91 Å². The Balaban J connectivity index is 1.35. The molecule has 168 valence electrons. The zero-order chi connectivity index (χ0) is 22.8. The number of piperazine rings is 1. The van der Waals surface area contributed by atoms with Crippen molar-refractivity contribution in [2.45, 2.75) is 19.8 Å². The first-order valence-electron chi connectivity index (χ1n) is 11.5. The lowest BCUT2D eigenvalue weighted by Gasteiger charge is -2.36. The molecule has 1 aliphatic carbocycles. The van der Waals surface area contributed by atoms with E-state index < -0.39 is 5.91 Å². The van der Waals surface area contributed by atoms with Crippen LogP contribution in [-0.4, -0.2) is 47.3 Å². The highest BCUT2D eigenvalue weighted by Gasteiger charge is 2.22. The van der Waals surface area contributed by atoms with Crippen molar-refractivity contribution in [3.8, 4) is 0 Å². The number of benzene rings is 1. The molecule has 0 radical (unpaired) electrons. The lowest BCUT2D eigenvalue weighted by molar-refractivity contribution is 0.1000. The Morgan fingerprint density at radius 3 is 2.48 bits per heavy atom. The number of primary amides is 1. The third-order valence-electron chi connectivity index (χ3n) is 6.62. The Bertz CT molecular complexity index is 1230. The molecule has 0 bridgehead atoms. The number of nitrogens with two attached hydrogens (primary N) is 1. The van der Waals surface area contributed by atoms with Crippen LogP contribution in [0.25, 0.3) is 10.8 Å². The lowest BCUT2D eigenvalue weighted by Crippen LogP contribution is -2.47. The van der Waals surface area contributed by atoms with E-state index in [9.17, 15) is 4.79 Å². The van der Waals surface area contributed by atoms with E-state index in [-0.39, 0.29) is 0 Å². The van der Waals surface area contributed by atoms with Gasteiger partial charge in [0, 0.05) is 49.6 Å². The molecule has 7 nitrogen and oxygen atoms in total. The van der Waals surface area contributed by atoms with Gasteiger partial charge in [-0.3, -0.25) is 4.79 Å². The smallest absolute Gasteiger partial charge is 0.250 e. The van der Waals surface area contributed by atoms with E-state index in [4.69, 9.17) is 10.8 Å². The van der Waals surface area contributed by atoms with Gasteiger partial charge in [-0.1, -0.05) is 55.0 Å². The SMILES string of the molecule is CC1CC=CC=C1Cc1nnc(N2CCN(c3ccc(C(N)=O)cn3)CC2)c2ccccc12. The van der Waals surface area contributed by atoms with Crippen molar-refractivity contribution in [2.75, 3.05) is 36.0 Å². The first-order chi connectivity index (χ1) is 16.1. The predicted octanol–water partition coefficient (Wildman–Crippen LogP) is 3.52. The van der Waals surface area contributed by atoms with Crippen LogP contribution < -0.4 is 15.5 Å². The fourth-order valence-electron chi connectivity index (χ4n) is 4.59. The van der Waals surface area contributed by atoms with Gasteiger partial charge in [-0.2, -0.15) is 5.10 Å². The third kappa shape index (κ3) is 4.31. The maximum atomic E-state index is 11.3. The number of amides is 1. The Morgan fingerprint density at radius 2 is 1.79 bits per heavy atom. The number of fused-ring (bicyclic) bond motifs is 1. The largest absolute Gasteiger partial charge is 0.366 e. The summed E-state index contributed by atoms with van der Waals surface area (Å²) < 4.78 is 0. The Labute approximate surface area is 193 Å². The van der Waals surface area contributed by atoms with E-state index in [2.05, 4.69) is 69.3 Å². The zero-order valence-corrected chi connectivity index (χ0v) is 18.8. The molecule has 2 N–H and O–H groups in total. The Morgan fingerprint density at radius 1 is 1.03 bits per heavy atom. The average molecular weight is 441 g/mol. The van der Waals surface area contributed by atoms with Crippen LogP contribution in [-0.2, 0) is 6.42 Å². The van der Waals surface area contributed by atoms with Crippen LogP contribution in [0.1, 0.15) is 29.4 Å². The van der Waals surface area contributed by atoms with Crippen LogP contribution in [0, 0.1) is 5.92 Å². The summed E-state index contributed by atoms with van der Waals surface area (Å²) in [5.41, 5.74) is 8.20. The van der Waals surface area contributed by atoms with Crippen LogP contribution >= 0.6 is 0 Å². The second kappa shape index (κ2) is 9.02. The van der Waals surface area contributed by atoms with E-state index in [1.165, 1.54) is 11.0 Å². The molecule has 1 unspecified atom stereocenters. The van der Waals surface area contributed by atoms with Crippen LogP contribution in [0.15, 0.2) is 66.4 Å². The van der Waals surface area contributed by atoms with Crippen LogP contribution in [0.3, 0.4) is 0 Å². The average Bonchev–Trinajstić information content (AvgIpc) is 2.86. The fourth-order valence-corrected chi connectivity index (χ4v) is 4.59. The van der Waals surface area contributed by atoms with Gasteiger partial charge in [-0.25, -0.2) is 4.98 Å². The van der Waals surface area contributed by atoms with E-state index in [0.29, 0.717) is 11.5 Å². The second-order valence-electron chi connectivity index (χ2n) is 8.74. The van der Waals surface area contributed by atoms with E-state index in [0.717, 1.165) is 61.7 Å². The van der Waals surface area contributed by atoms with Crippen LogP contribution in [0.4, 0.5) is 11.6 Å². The molecule has 0 saturated carbocycles. The molecule has 0 spiro atoms. The van der Waals surface area contributed by atoms with Gasteiger partial charge in [-0.05, 0) is 24.5 Å². The number of aromatic nitrogens is 3. The third-order valence-corrected chi connectivity index (χ3v) is 6.62. The number of pyridine rings is 1. The van der Waals surface area contributed by atoms with Gasteiger partial charge in [-0.15, -0.1) is 5.10 Å². The van der Waals surface area contributed by atoms with Crippen LogP contribution in [0.2, 0.25) is 0 Å². The van der Waals surface area contributed by atoms with Crippen molar-refractivity contribution in [1.82, 2.24) is 15.2 Å². The summed E-state index contributed by atoms with van der Waals surface area (Å²) >= 11 is 0. The van der Waals surface area contributed by atoms with E-state index in [1.54, 1.807) is 12.3 Å². The van der Waals surface area contributed by atoms with Crippen molar-refractivity contribution < 1.29 is 4.79 Å². The minimum atomic E-state index is -0.460. The first kappa shape index (κ1) is 21.1. The van der Waals surface area contributed by atoms with Crippen molar-refractivity contribution in [1.29, 1.82) is 0 Å². The second-order valence-corrected chi connectivity index (χ2v) is 8.74. The summed E-state index contributed by atoms with van der Waals surface area (Å²) in [7, 11) is 0. The number of carbonyl (C=O) groups is 1. The normalized spacial score (nSPS) is 18.5. The summed E-state index contributed by atoms with van der Waals surface area (Å²) in [5, 5.41) is 11.7. The predicted molar refractivity (Wildman–Crippen MR) is 131 cm³/mol. The van der Waals surface area contributed by atoms with Crippen molar-refractivity contribution in [3.05, 3.63) is 77.7 Å². The maximum Gasteiger partial charge on any atom is 0.250 e. The molecule has 2 aromatic heterocycles. The molecule has 3 heterocycles. The number of hydrogen-bond acceptors (Lipinski definition) is 6. The molecular formula is C26H28N6O. The van der Waals surface area contributed by atoms with Crippen LogP contribution in [0.5, 0.6) is 0 Å². The Hall–Kier alpha value is -3.74. The molecule has 2 aliphatic rings. The van der Waals surface area contributed by atoms with Crippen molar-refractivity contribution >= 4 is 28.3 Å². The van der Waals surface area contributed by atoms with Gasteiger partial charge in [0.05, 0.1) is 11.3 Å². The summed E-state index contributed by atoms with van der Waals surface area (Å²) in [6.07, 6.45) is 10.1. The lowest BCUT2D eigenvalue weighted by atomic mass is 9.89. The molecule has 1 aliphatic heterocycles. The highest BCUT2D eigenvalue weighted by molar-refractivity contribution is 5.94. The number of anilines is 2. The van der Waals surface area contributed by atoms with E-state index in [1.807, 2.05) is 6.07 Å². The molecule has 1 saturated heterocycles. The molecule has 1 aromatic carbocycles. The van der Waals surface area contributed by atoms with Gasteiger partial charge in [0.1, 0.15) is 5.82 Å². The van der Waals surface area contributed by atoms with Crippen molar-refractivity contribution in [2.24, 2.45) is 11.7 Å². The number of rotatable bonds is 5. The van der Waals surface area contributed by atoms with Gasteiger partial charge < -0.3 is 15.5 Å². The van der Waals surface area contributed by atoms with Crippen molar-refractivity contribution in [3.63, 3.8) is 0 Å². The summed E-state index contributed by atoms with van der Waals surface area (Å²) in [6.45, 7) is 5.55. The molecule has 1 amide bonds. The van der Waals surface area contributed by atoms with E-state index >= 15 is 0 Å². The number of carbonyl (C=O) groups excluding carboxylic acids is 1. The molecule has 3 aromatic rings.